The second-order valence-corrected chi connectivity index (χ2v) is 7.37. The zero-order chi connectivity index (χ0) is 18.1. The zero-order valence-electron chi connectivity index (χ0n) is 15.0. The maximum atomic E-state index is 11.3. The van der Waals surface area contributed by atoms with E-state index in [2.05, 4.69) is 24.9 Å². The third-order valence-corrected chi connectivity index (χ3v) is 4.40. The summed E-state index contributed by atoms with van der Waals surface area (Å²) in [7, 11) is 0. The molecular formula is C20H25NO3S. The van der Waals surface area contributed by atoms with E-state index in [1.54, 1.807) is 11.8 Å². The van der Waals surface area contributed by atoms with Crippen molar-refractivity contribution in [1.82, 2.24) is 4.98 Å². The average molecular weight is 359 g/mol. The molecule has 0 N–H and O–H groups in total. The Bertz CT molecular complexity index is 671. The molecule has 0 radical (unpaired) electrons. The number of esters is 1. The van der Waals surface area contributed by atoms with Gasteiger partial charge in [-0.15, -0.1) is 11.8 Å². The number of aromatic nitrogens is 1. The standard InChI is InChI=1S/C20H25NO3S/c1-4-23-19(22)8-6-14-24-17-11-9-16(10-12-17)18-7-5-13-21-20(18)25-15(2)3/h5,7,9-13,15H,4,6,8,14H2,1-3H3. The molecule has 0 saturated heterocycles. The Morgan fingerprint density at radius 1 is 1.20 bits per heavy atom. The molecule has 25 heavy (non-hydrogen) atoms. The summed E-state index contributed by atoms with van der Waals surface area (Å²) in [6.45, 7) is 7.06. The van der Waals surface area contributed by atoms with Crippen molar-refractivity contribution in [2.45, 2.75) is 43.9 Å². The predicted octanol–water partition coefficient (Wildman–Crippen LogP) is 4.97. The molecule has 0 unspecified atom stereocenters. The number of benzene rings is 1. The third-order valence-electron chi connectivity index (χ3n) is 3.38. The Hall–Kier alpha value is -2.01. The van der Waals surface area contributed by atoms with Crippen LogP contribution in [-0.2, 0) is 9.53 Å². The molecule has 0 aliphatic carbocycles. The first-order valence-electron chi connectivity index (χ1n) is 8.60. The Balaban J connectivity index is 1.93. The zero-order valence-corrected chi connectivity index (χ0v) is 15.8. The van der Waals surface area contributed by atoms with Crippen LogP contribution in [0.4, 0.5) is 0 Å². The van der Waals surface area contributed by atoms with Gasteiger partial charge in [0.2, 0.25) is 0 Å². The van der Waals surface area contributed by atoms with Gasteiger partial charge in [0.05, 0.1) is 13.2 Å². The van der Waals surface area contributed by atoms with Gasteiger partial charge in [0.25, 0.3) is 0 Å². The Morgan fingerprint density at radius 3 is 2.64 bits per heavy atom. The van der Waals surface area contributed by atoms with E-state index in [1.807, 2.05) is 43.5 Å². The second kappa shape index (κ2) is 10.1. The van der Waals surface area contributed by atoms with Crippen LogP contribution in [0.25, 0.3) is 11.1 Å². The van der Waals surface area contributed by atoms with Crippen LogP contribution in [0.1, 0.15) is 33.6 Å². The smallest absolute Gasteiger partial charge is 0.305 e. The first kappa shape index (κ1) is 19.3. The van der Waals surface area contributed by atoms with Gasteiger partial charge >= 0.3 is 5.97 Å². The highest BCUT2D eigenvalue weighted by molar-refractivity contribution is 7.99. The van der Waals surface area contributed by atoms with Gasteiger partial charge in [-0.05, 0) is 37.1 Å². The summed E-state index contributed by atoms with van der Waals surface area (Å²) in [6.07, 6.45) is 2.87. The molecule has 0 aliphatic heterocycles. The number of pyridine rings is 1. The van der Waals surface area contributed by atoms with Crippen molar-refractivity contribution in [3.05, 3.63) is 42.6 Å². The van der Waals surface area contributed by atoms with Crippen LogP contribution in [0.5, 0.6) is 5.75 Å². The number of ether oxygens (including phenoxy) is 2. The molecule has 0 bridgehead atoms. The summed E-state index contributed by atoms with van der Waals surface area (Å²) in [5.41, 5.74) is 2.25. The number of nitrogens with zero attached hydrogens (tertiary/aromatic N) is 1. The normalized spacial score (nSPS) is 10.7. The number of hydrogen-bond acceptors (Lipinski definition) is 5. The van der Waals surface area contributed by atoms with Crippen LogP contribution < -0.4 is 4.74 Å². The van der Waals surface area contributed by atoms with E-state index in [0.717, 1.165) is 21.9 Å². The van der Waals surface area contributed by atoms with Crippen molar-refractivity contribution in [1.29, 1.82) is 0 Å². The van der Waals surface area contributed by atoms with Crippen LogP contribution in [-0.4, -0.2) is 29.4 Å². The van der Waals surface area contributed by atoms with Gasteiger partial charge < -0.3 is 9.47 Å². The van der Waals surface area contributed by atoms with E-state index in [1.165, 1.54) is 0 Å². The lowest BCUT2D eigenvalue weighted by Gasteiger charge is -2.11. The summed E-state index contributed by atoms with van der Waals surface area (Å²) in [6, 6.07) is 12.0. The van der Waals surface area contributed by atoms with Gasteiger partial charge in [0, 0.05) is 23.4 Å². The van der Waals surface area contributed by atoms with E-state index in [9.17, 15) is 4.79 Å². The highest BCUT2D eigenvalue weighted by Crippen LogP contribution is 2.32. The van der Waals surface area contributed by atoms with E-state index >= 15 is 0 Å². The highest BCUT2D eigenvalue weighted by Gasteiger charge is 2.09. The molecule has 0 amide bonds. The molecule has 5 heteroatoms. The van der Waals surface area contributed by atoms with Gasteiger partial charge in [0.1, 0.15) is 10.8 Å². The Kier molecular flexibility index (Phi) is 7.79. The molecule has 4 nitrogen and oxygen atoms in total. The van der Waals surface area contributed by atoms with E-state index in [0.29, 0.717) is 31.3 Å². The van der Waals surface area contributed by atoms with Crippen molar-refractivity contribution >= 4 is 17.7 Å². The number of carbonyl (C=O) groups is 1. The monoisotopic (exact) mass is 359 g/mol. The van der Waals surface area contributed by atoms with Crippen LogP contribution in [0.3, 0.4) is 0 Å². The molecular weight excluding hydrogens is 334 g/mol. The molecule has 1 aromatic heterocycles. The predicted molar refractivity (Wildman–Crippen MR) is 102 cm³/mol. The lowest BCUT2D eigenvalue weighted by atomic mass is 10.1. The summed E-state index contributed by atoms with van der Waals surface area (Å²) < 4.78 is 10.6. The first-order chi connectivity index (χ1) is 12.1. The molecule has 0 fully saturated rings. The van der Waals surface area contributed by atoms with Crippen molar-refractivity contribution < 1.29 is 14.3 Å². The molecule has 134 valence electrons. The summed E-state index contributed by atoms with van der Waals surface area (Å²) in [4.78, 5) is 15.8. The molecule has 0 spiro atoms. The second-order valence-electron chi connectivity index (χ2n) is 5.80. The fourth-order valence-corrected chi connectivity index (χ4v) is 3.18. The van der Waals surface area contributed by atoms with Crippen LogP contribution in [0, 0.1) is 0 Å². The molecule has 0 saturated carbocycles. The van der Waals surface area contributed by atoms with Crippen LogP contribution in [0.2, 0.25) is 0 Å². The maximum Gasteiger partial charge on any atom is 0.305 e. The van der Waals surface area contributed by atoms with E-state index < -0.39 is 0 Å². The van der Waals surface area contributed by atoms with Gasteiger partial charge in [-0.25, -0.2) is 4.98 Å². The minimum absolute atomic E-state index is 0.173. The van der Waals surface area contributed by atoms with Gasteiger partial charge in [-0.1, -0.05) is 32.0 Å². The average Bonchev–Trinajstić information content (AvgIpc) is 2.60. The van der Waals surface area contributed by atoms with Crippen molar-refractivity contribution in [2.24, 2.45) is 0 Å². The molecule has 1 aromatic carbocycles. The van der Waals surface area contributed by atoms with Gasteiger partial charge in [-0.2, -0.15) is 0 Å². The number of thioether (sulfide) groups is 1. The summed E-state index contributed by atoms with van der Waals surface area (Å²) in [5.74, 6) is 0.628. The molecule has 1 heterocycles. The first-order valence-corrected chi connectivity index (χ1v) is 9.48. The highest BCUT2D eigenvalue weighted by atomic mass is 32.2. The lowest BCUT2D eigenvalue weighted by Crippen LogP contribution is -2.06. The van der Waals surface area contributed by atoms with Crippen molar-refractivity contribution in [2.75, 3.05) is 13.2 Å². The number of carbonyl (C=O) groups excluding carboxylic acids is 1. The number of hydrogen-bond donors (Lipinski definition) is 0. The molecule has 0 atom stereocenters. The minimum Gasteiger partial charge on any atom is -0.494 e. The summed E-state index contributed by atoms with van der Waals surface area (Å²) in [5, 5.41) is 1.52. The van der Waals surface area contributed by atoms with Crippen molar-refractivity contribution in [3.8, 4) is 16.9 Å². The van der Waals surface area contributed by atoms with E-state index in [4.69, 9.17) is 9.47 Å². The van der Waals surface area contributed by atoms with Crippen LogP contribution >= 0.6 is 11.8 Å². The maximum absolute atomic E-state index is 11.3. The topological polar surface area (TPSA) is 48.4 Å². The molecule has 0 aliphatic rings. The number of rotatable bonds is 9. The van der Waals surface area contributed by atoms with Gasteiger partial charge in [-0.3, -0.25) is 4.79 Å². The molecule has 2 rings (SSSR count). The SMILES string of the molecule is CCOC(=O)CCCOc1ccc(-c2cccnc2SC(C)C)cc1. The Labute approximate surface area is 154 Å². The quantitative estimate of drug-likeness (QED) is 0.359. The minimum atomic E-state index is -0.173. The fraction of sp³-hybridized carbons (Fsp3) is 0.400. The Morgan fingerprint density at radius 2 is 1.96 bits per heavy atom. The van der Waals surface area contributed by atoms with Crippen LogP contribution in [0.15, 0.2) is 47.6 Å². The van der Waals surface area contributed by atoms with Crippen molar-refractivity contribution in [3.63, 3.8) is 0 Å². The van der Waals surface area contributed by atoms with E-state index in [-0.39, 0.29) is 5.97 Å². The lowest BCUT2D eigenvalue weighted by molar-refractivity contribution is -0.143. The largest absolute Gasteiger partial charge is 0.494 e. The summed E-state index contributed by atoms with van der Waals surface area (Å²) >= 11 is 1.76. The van der Waals surface area contributed by atoms with Gasteiger partial charge in [0.15, 0.2) is 0 Å². The molecule has 2 aromatic rings. The fourth-order valence-electron chi connectivity index (χ4n) is 2.30. The third kappa shape index (κ3) is 6.42.